The third-order valence-electron chi connectivity index (χ3n) is 16.6. The molecule has 0 saturated heterocycles. The van der Waals surface area contributed by atoms with Gasteiger partial charge >= 0.3 is 0 Å². The van der Waals surface area contributed by atoms with Crippen LogP contribution in [0.3, 0.4) is 0 Å². The predicted octanol–water partition coefficient (Wildman–Crippen LogP) is 20.4. The molecule has 518 valence electrons. The SMILES string of the molecule is CCCCCCOc1cc2c(cc1OCCCCCC)N=Cc1ccc(c(O)c1O)C=Nc1cc(OCCCCCC)c(OCCCCCC)cc1NCc1ccc(c(O)c1O)C=Nc1cc(OCCCCCC)c(OCCCCCC)cc1N=Cc1ccc(c(O)c1O)C=N2. The van der Waals surface area contributed by atoms with Crippen molar-refractivity contribution in [1.82, 2.24) is 0 Å². The summed E-state index contributed by atoms with van der Waals surface area (Å²) in [4.78, 5) is 24.3. The van der Waals surface area contributed by atoms with Crippen molar-refractivity contribution in [2.75, 3.05) is 45.0 Å². The lowest BCUT2D eigenvalue weighted by molar-refractivity contribution is 0.259. The molecule has 6 aromatic carbocycles. The summed E-state index contributed by atoms with van der Waals surface area (Å²) in [5, 5.41) is 73.7. The second-order valence-electron chi connectivity index (χ2n) is 24.4. The van der Waals surface area contributed by atoms with Crippen molar-refractivity contribution in [2.24, 2.45) is 25.0 Å². The van der Waals surface area contributed by atoms with E-state index in [1.807, 2.05) is 6.07 Å². The number of ether oxygens (including phenoxy) is 6. The van der Waals surface area contributed by atoms with Gasteiger partial charge in [-0.25, -0.2) is 0 Å². The van der Waals surface area contributed by atoms with Crippen LogP contribution in [0.2, 0.25) is 0 Å². The smallest absolute Gasteiger partial charge is 0.167 e. The van der Waals surface area contributed by atoms with Gasteiger partial charge in [-0.2, -0.15) is 0 Å². The number of rotatable bonds is 36. The fourth-order valence-corrected chi connectivity index (χ4v) is 10.6. The zero-order valence-corrected chi connectivity index (χ0v) is 57.6. The molecule has 18 heteroatoms. The molecule has 18 nitrogen and oxygen atoms in total. The first-order valence-corrected chi connectivity index (χ1v) is 35.3. The van der Waals surface area contributed by atoms with Crippen LogP contribution in [0.5, 0.6) is 69.0 Å². The van der Waals surface area contributed by atoms with Crippen molar-refractivity contribution in [3.63, 3.8) is 0 Å². The number of phenolic OH excluding ortho intramolecular Hbond substituents is 6. The average molecular weight is 1320 g/mol. The van der Waals surface area contributed by atoms with E-state index in [-0.39, 0.29) is 40.1 Å². The van der Waals surface area contributed by atoms with Crippen molar-refractivity contribution in [3.8, 4) is 69.0 Å². The van der Waals surface area contributed by atoms with Crippen LogP contribution in [-0.4, -0.2) is 101 Å². The maximum absolute atomic E-state index is 11.7. The predicted molar refractivity (Wildman–Crippen MR) is 390 cm³/mol. The van der Waals surface area contributed by atoms with Gasteiger partial charge in [0.15, 0.2) is 69.0 Å². The summed E-state index contributed by atoms with van der Waals surface area (Å²) in [6.45, 7) is 15.6. The highest BCUT2D eigenvalue weighted by Gasteiger charge is 2.20. The molecule has 4 aliphatic rings. The van der Waals surface area contributed by atoms with Gasteiger partial charge in [-0.15, -0.1) is 0 Å². The van der Waals surface area contributed by atoms with Crippen LogP contribution in [0.15, 0.2) is 97.8 Å². The van der Waals surface area contributed by atoms with Gasteiger partial charge in [0.25, 0.3) is 0 Å². The number of benzene rings is 6. The van der Waals surface area contributed by atoms with Crippen LogP contribution in [0.4, 0.5) is 34.1 Å². The van der Waals surface area contributed by atoms with Gasteiger partial charge in [-0.05, 0) is 68.9 Å². The molecule has 96 heavy (non-hydrogen) atoms. The summed E-state index contributed by atoms with van der Waals surface area (Å²) < 4.78 is 38.6. The summed E-state index contributed by atoms with van der Waals surface area (Å²) in [6.07, 6.45) is 31.0. The third kappa shape index (κ3) is 22.9. The Kier molecular flexibility index (Phi) is 31.9. The molecule has 0 aliphatic carbocycles. The number of nitrogens with one attached hydrogen (secondary N) is 1. The van der Waals surface area contributed by atoms with Gasteiger partial charge in [0.1, 0.15) is 0 Å². The Morgan fingerprint density at radius 1 is 0.281 bits per heavy atom. The average Bonchev–Trinajstić information content (AvgIpc) is 0.856. The molecule has 10 rings (SSSR count). The van der Waals surface area contributed by atoms with Crippen molar-refractivity contribution < 1.29 is 59.1 Å². The fourth-order valence-electron chi connectivity index (χ4n) is 10.6. The maximum Gasteiger partial charge on any atom is 0.167 e. The van der Waals surface area contributed by atoms with Crippen LogP contribution >= 0.6 is 0 Å². The van der Waals surface area contributed by atoms with Crippen LogP contribution < -0.4 is 33.7 Å². The normalized spacial score (nSPS) is 12.1. The lowest BCUT2D eigenvalue weighted by atomic mass is 10.1. The molecular formula is C78H104N6O12. The van der Waals surface area contributed by atoms with E-state index in [9.17, 15) is 30.6 Å². The molecule has 6 aromatic rings. The van der Waals surface area contributed by atoms with E-state index >= 15 is 0 Å². The number of aromatic hydroxyl groups is 6. The van der Waals surface area contributed by atoms with E-state index in [1.165, 1.54) is 31.1 Å². The van der Waals surface area contributed by atoms with E-state index in [0.29, 0.717) is 114 Å². The highest BCUT2D eigenvalue weighted by Crippen LogP contribution is 2.45. The molecule has 0 fully saturated rings. The summed E-state index contributed by atoms with van der Waals surface area (Å²) in [6, 6.07) is 20.3. The number of hydrogen-bond donors (Lipinski definition) is 7. The highest BCUT2D eigenvalue weighted by atomic mass is 16.5. The number of aliphatic imine (C=N–C) groups is 5. The summed E-state index contributed by atoms with van der Waals surface area (Å²) >= 11 is 0. The molecule has 0 radical (unpaired) electrons. The first-order valence-electron chi connectivity index (χ1n) is 35.3. The van der Waals surface area contributed by atoms with E-state index in [4.69, 9.17) is 53.4 Å². The van der Waals surface area contributed by atoms with Gasteiger partial charge in [0.05, 0.1) is 73.8 Å². The van der Waals surface area contributed by atoms with Crippen LogP contribution in [0.1, 0.15) is 229 Å². The molecule has 0 spiro atoms. The number of hydrogen-bond acceptors (Lipinski definition) is 18. The Labute approximate surface area is 569 Å². The largest absolute Gasteiger partial charge is 0.504 e. The standard InChI is InChI=1S/C78H104N6O12/c1-7-13-19-25-37-91-67-43-61-62(44-68(67)92-38-26-20-14-8-2)80-50-56-33-34-58(76(88)74(56)86)52-82-65-47-71(95-41-29-23-17-11-5)72(96-42-30-24-18-12-6)48-66(65)84-54-60-36-35-59(77(89)78(60)90)53-83-64-46-70(94-40-28-22-16-10-4)69(93-39-27-21-15-9-3)45-63(64)81-51-57-32-31-55(49-79-61)73(85)75(57)87/h31-36,43-53,84-90H,7-30,37-42,54H2,1-6H3. The zero-order chi connectivity index (χ0) is 68.3. The number of unbranched alkanes of at least 4 members (excludes halogenated alkanes) is 18. The molecule has 6 bridgehead atoms. The Morgan fingerprint density at radius 2 is 0.510 bits per heavy atom. The molecule has 0 amide bonds. The summed E-state index contributed by atoms with van der Waals surface area (Å²) in [7, 11) is 0. The Bertz CT molecular complexity index is 3550. The second-order valence-corrected chi connectivity index (χ2v) is 24.4. The van der Waals surface area contributed by atoms with Crippen LogP contribution in [0, 0.1) is 0 Å². The molecule has 4 aliphatic heterocycles. The van der Waals surface area contributed by atoms with Gasteiger partial charge in [0.2, 0.25) is 0 Å². The topological polar surface area (TPSA) is 251 Å². The minimum atomic E-state index is -0.465. The Balaban J connectivity index is 1.40. The molecule has 4 heterocycles. The quantitative estimate of drug-likeness (QED) is 0.0143. The van der Waals surface area contributed by atoms with Gasteiger partial charge in [0, 0.05) is 107 Å². The molecule has 0 atom stereocenters. The fraction of sp³-hybridized carbons (Fsp3) is 0.474. The van der Waals surface area contributed by atoms with E-state index in [1.54, 1.807) is 66.7 Å². The number of nitrogens with zero attached hydrogens (tertiary/aromatic N) is 5. The third-order valence-corrected chi connectivity index (χ3v) is 16.6. The minimum Gasteiger partial charge on any atom is -0.504 e. The van der Waals surface area contributed by atoms with Crippen LogP contribution in [-0.2, 0) is 6.54 Å². The van der Waals surface area contributed by atoms with Crippen molar-refractivity contribution in [2.45, 2.75) is 202 Å². The zero-order valence-electron chi connectivity index (χ0n) is 57.6. The first kappa shape index (κ1) is 74.5. The minimum absolute atomic E-state index is 0.0159. The first-order chi connectivity index (χ1) is 46.9. The molecule has 7 N–H and O–H groups in total. The molecule has 0 saturated carbocycles. The van der Waals surface area contributed by atoms with Gasteiger partial charge in [-0.1, -0.05) is 163 Å². The van der Waals surface area contributed by atoms with E-state index in [0.717, 1.165) is 154 Å². The van der Waals surface area contributed by atoms with Crippen molar-refractivity contribution >= 4 is 65.2 Å². The highest BCUT2D eigenvalue weighted by molar-refractivity contribution is 5.97. The van der Waals surface area contributed by atoms with Crippen LogP contribution in [0.25, 0.3) is 0 Å². The monoisotopic (exact) mass is 1320 g/mol. The summed E-state index contributed by atoms with van der Waals surface area (Å²) in [5.41, 5.74) is 3.44. The van der Waals surface area contributed by atoms with Crippen molar-refractivity contribution in [1.29, 1.82) is 0 Å². The lowest BCUT2D eigenvalue weighted by Crippen LogP contribution is -2.05. The number of fused-ring (bicyclic) bond motifs is 3. The maximum atomic E-state index is 11.7. The molecule has 0 unspecified atom stereocenters. The number of phenols is 6. The number of anilines is 1. The van der Waals surface area contributed by atoms with Gasteiger partial charge in [-0.3, -0.25) is 25.0 Å². The molecular weight excluding hydrogens is 1210 g/mol. The van der Waals surface area contributed by atoms with Crippen molar-refractivity contribution in [3.05, 3.63) is 106 Å². The summed E-state index contributed by atoms with van der Waals surface area (Å²) in [5.74, 6) is 0.169. The van der Waals surface area contributed by atoms with Gasteiger partial charge < -0.3 is 64.4 Å². The van der Waals surface area contributed by atoms with E-state index < -0.39 is 28.7 Å². The molecule has 0 aromatic heterocycles. The van der Waals surface area contributed by atoms with E-state index in [2.05, 4.69) is 46.9 Å². The lowest BCUT2D eigenvalue weighted by Gasteiger charge is -2.18. The second kappa shape index (κ2) is 41.1. The Morgan fingerprint density at radius 3 is 0.781 bits per heavy atom. The Hall–Kier alpha value is -8.93.